The molecule has 32 heavy (non-hydrogen) atoms. The highest BCUT2D eigenvalue weighted by atomic mass is 127. The summed E-state index contributed by atoms with van der Waals surface area (Å²) in [5.41, 5.74) is 0.551. The summed E-state index contributed by atoms with van der Waals surface area (Å²) in [6.45, 7) is 12.2. The van der Waals surface area contributed by atoms with Crippen molar-refractivity contribution >= 4 is 41.5 Å². The standard InChI is InChI=1S/C23H37N5O3.HI/c1-5-28(18-8-9-18)12-11-24-22(25-16-21(29)27-23(2,3)4)26-17-7-10-19-20(15-17)31-14-6-13-30-19;/h7,10,15,18H,5-6,8-9,11-14,16H2,1-4H3,(H,27,29)(H2,24,25,26);1H. The number of nitrogens with one attached hydrogen (secondary N) is 3. The molecule has 8 nitrogen and oxygen atoms in total. The minimum atomic E-state index is -0.284. The summed E-state index contributed by atoms with van der Waals surface area (Å²) in [6, 6.07) is 6.47. The van der Waals surface area contributed by atoms with Crippen molar-refractivity contribution in [2.24, 2.45) is 4.99 Å². The molecule has 2 aliphatic rings. The molecule has 1 aromatic carbocycles. The van der Waals surface area contributed by atoms with E-state index < -0.39 is 0 Å². The van der Waals surface area contributed by atoms with E-state index >= 15 is 0 Å². The number of fused-ring (bicyclic) bond motifs is 1. The second-order valence-corrected chi connectivity index (χ2v) is 9.09. The average molecular weight is 559 g/mol. The maximum atomic E-state index is 12.3. The van der Waals surface area contributed by atoms with E-state index in [2.05, 4.69) is 32.8 Å². The van der Waals surface area contributed by atoms with Crippen LogP contribution in [0.5, 0.6) is 11.5 Å². The minimum Gasteiger partial charge on any atom is -0.490 e. The van der Waals surface area contributed by atoms with E-state index in [1.165, 1.54) is 12.8 Å². The molecule has 3 rings (SSSR count). The summed E-state index contributed by atoms with van der Waals surface area (Å²) in [5.74, 6) is 1.94. The normalized spacial score (nSPS) is 16.1. The van der Waals surface area contributed by atoms with Crippen LogP contribution >= 0.6 is 24.0 Å². The van der Waals surface area contributed by atoms with E-state index in [0.29, 0.717) is 19.2 Å². The van der Waals surface area contributed by atoms with Gasteiger partial charge in [0.25, 0.3) is 0 Å². The molecule has 0 radical (unpaired) electrons. The number of hydrogen-bond donors (Lipinski definition) is 3. The van der Waals surface area contributed by atoms with Crippen LogP contribution in [0.25, 0.3) is 0 Å². The monoisotopic (exact) mass is 559 g/mol. The molecular formula is C23H38IN5O3. The van der Waals surface area contributed by atoms with Crippen LogP contribution in [0.4, 0.5) is 5.69 Å². The SMILES string of the molecule is CCN(CCNC(=NCC(=O)NC(C)(C)C)Nc1ccc2c(c1)OCCCO2)C1CC1.I. The highest BCUT2D eigenvalue weighted by Crippen LogP contribution is 2.32. The molecule has 0 saturated heterocycles. The van der Waals surface area contributed by atoms with Crippen molar-refractivity contribution in [2.75, 3.05) is 44.7 Å². The van der Waals surface area contributed by atoms with Gasteiger partial charge in [0.15, 0.2) is 17.5 Å². The van der Waals surface area contributed by atoms with Crippen molar-refractivity contribution in [3.8, 4) is 11.5 Å². The Bertz CT molecular complexity index is 777. The van der Waals surface area contributed by atoms with Gasteiger partial charge in [-0.3, -0.25) is 9.69 Å². The number of likely N-dealkylation sites (N-methyl/N-ethyl adjacent to an activating group) is 1. The lowest BCUT2D eigenvalue weighted by molar-refractivity contribution is -0.121. The lowest BCUT2D eigenvalue weighted by atomic mass is 10.1. The summed E-state index contributed by atoms with van der Waals surface area (Å²) < 4.78 is 11.5. The van der Waals surface area contributed by atoms with Gasteiger partial charge in [0.05, 0.1) is 13.2 Å². The predicted molar refractivity (Wildman–Crippen MR) is 140 cm³/mol. The summed E-state index contributed by atoms with van der Waals surface area (Å²) in [6.07, 6.45) is 3.44. The average Bonchev–Trinajstić information content (AvgIpc) is 3.55. The van der Waals surface area contributed by atoms with Crippen LogP contribution in [0.3, 0.4) is 0 Å². The Balaban J connectivity index is 0.00000363. The summed E-state index contributed by atoms with van der Waals surface area (Å²) in [7, 11) is 0. The molecule has 0 bridgehead atoms. The molecule has 1 amide bonds. The second-order valence-electron chi connectivity index (χ2n) is 9.09. The lowest BCUT2D eigenvalue weighted by Crippen LogP contribution is -2.43. The number of anilines is 1. The van der Waals surface area contributed by atoms with E-state index in [1.54, 1.807) is 0 Å². The van der Waals surface area contributed by atoms with Crippen molar-refractivity contribution < 1.29 is 14.3 Å². The van der Waals surface area contributed by atoms with E-state index in [0.717, 1.165) is 49.3 Å². The topological polar surface area (TPSA) is 87.2 Å². The molecule has 0 atom stereocenters. The zero-order chi connectivity index (χ0) is 22.3. The number of halogens is 1. The quantitative estimate of drug-likeness (QED) is 0.258. The largest absolute Gasteiger partial charge is 0.490 e. The number of nitrogens with zero attached hydrogens (tertiary/aromatic N) is 2. The van der Waals surface area contributed by atoms with Gasteiger partial charge in [0, 0.05) is 42.8 Å². The maximum Gasteiger partial charge on any atom is 0.242 e. The van der Waals surface area contributed by atoms with Crippen LogP contribution in [-0.4, -0.2) is 67.7 Å². The predicted octanol–water partition coefficient (Wildman–Crippen LogP) is 3.22. The third kappa shape index (κ3) is 9.01. The number of carbonyl (C=O) groups excluding carboxylic acids is 1. The van der Waals surface area contributed by atoms with Crippen LogP contribution in [-0.2, 0) is 4.79 Å². The van der Waals surface area contributed by atoms with Gasteiger partial charge in [-0.05, 0) is 52.3 Å². The third-order valence-electron chi connectivity index (χ3n) is 5.07. The zero-order valence-electron chi connectivity index (χ0n) is 19.7. The first-order chi connectivity index (χ1) is 14.8. The zero-order valence-corrected chi connectivity index (χ0v) is 22.0. The molecule has 180 valence electrons. The molecule has 9 heteroatoms. The summed E-state index contributed by atoms with van der Waals surface area (Å²) in [5, 5.41) is 9.63. The molecule has 0 aromatic heterocycles. The molecule has 3 N–H and O–H groups in total. The maximum absolute atomic E-state index is 12.3. The summed E-state index contributed by atoms with van der Waals surface area (Å²) in [4.78, 5) is 19.2. The second kappa shape index (κ2) is 12.5. The smallest absolute Gasteiger partial charge is 0.242 e. The number of guanidine groups is 1. The number of amides is 1. The van der Waals surface area contributed by atoms with Crippen molar-refractivity contribution in [1.82, 2.24) is 15.5 Å². The Morgan fingerprint density at radius 1 is 1.19 bits per heavy atom. The lowest BCUT2D eigenvalue weighted by Gasteiger charge is -2.22. The number of rotatable bonds is 8. The highest BCUT2D eigenvalue weighted by molar-refractivity contribution is 14.0. The minimum absolute atomic E-state index is 0. The van der Waals surface area contributed by atoms with Crippen LogP contribution in [0.1, 0.15) is 47.0 Å². The number of aliphatic imine (C=N–C) groups is 1. The number of hydrogen-bond acceptors (Lipinski definition) is 5. The van der Waals surface area contributed by atoms with Crippen LogP contribution in [0.2, 0.25) is 0 Å². The van der Waals surface area contributed by atoms with E-state index in [9.17, 15) is 4.79 Å². The number of benzene rings is 1. The fraction of sp³-hybridized carbons (Fsp3) is 0.652. The molecular weight excluding hydrogens is 521 g/mol. The molecule has 0 unspecified atom stereocenters. The molecule has 1 fully saturated rings. The Kier molecular flexibility index (Phi) is 10.3. The Hall–Kier alpha value is -1.75. The first-order valence-electron chi connectivity index (χ1n) is 11.3. The van der Waals surface area contributed by atoms with Gasteiger partial charge in [-0.1, -0.05) is 6.92 Å². The number of carbonyl (C=O) groups is 1. The summed E-state index contributed by atoms with van der Waals surface area (Å²) >= 11 is 0. The molecule has 1 heterocycles. The van der Waals surface area contributed by atoms with E-state index in [1.807, 2.05) is 39.0 Å². The van der Waals surface area contributed by atoms with Gasteiger partial charge in [-0.2, -0.15) is 0 Å². The third-order valence-corrected chi connectivity index (χ3v) is 5.07. The van der Waals surface area contributed by atoms with Gasteiger partial charge in [0.2, 0.25) is 5.91 Å². The van der Waals surface area contributed by atoms with Crippen molar-refractivity contribution in [3.63, 3.8) is 0 Å². The van der Waals surface area contributed by atoms with Gasteiger partial charge < -0.3 is 25.4 Å². The number of ether oxygens (including phenoxy) is 2. The van der Waals surface area contributed by atoms with E-state index in [4.69, 9.17) is 9.47 Å². The molecule has 1 aromatic rings. The molecule has 1 aliphatic heterocycles. The Morgan fingerprint density at radius 3 is 2.56 bits per heavy atom. The first-order valence-corrected chi connectivity index (χ1v) is 11.3. The van der Waals surface area contributed by atoms with Gasteiger partial charge in [0.1, 0.15) is 6.54 Å². The van der Waals surface area contributed by atoms with Crippen molar-refractivity contribution in [1.29, 1.82) is 0 Å². The van der Waals surface area contributed by atoms with Crippen molar-refractivity contribution in [3.05, 3.63) is 18.2 Å². The van der Waals surface area contributed by atoms with Crippen LogP contribution in [0.15, 0.2) is 23.2 Å². The highest BCUT2D eigenvalue weighted by Gasteiger charge is 2.27. The fourth-order valence-corrected chi connectivity index (χ4v) is 3.48. The fourth-order valence-electron chi connectivity index (χ4n) is 3.48. The van der Waals surface area contributed by atoms with Crippen LogP contribution in [0, 0.1) is 0 Å². The van der Waals surface area contributed by atoms with E-state index in [-0.39, 0.29) is 42.0 Å². The molecule has 1 saturated carbocycles. The van der Waals surface area contributed by atoms with Crippen LogP contribution < -0.4 is 25.4 Å². The first kappa shape index (κ1) is 26.5. The van der Waals surface area contributed by atoms with Gasteiger partial charge >= 0.3 is 0 Å². The van der Waals surface area contributed by atoms with Gasteiger partial charge in [-0.15, -0.1) is 24.0 Å². The Labute approximate surface area is 208 Å². The van der Waals surface area contributed by atoms with Crippen molar-refractivity contribution in [2.45, 2.75) is 58.5 Å². The Morgan fingerprint density at radius 2 is 1.91 bits per heavy atom. The van der Waals surface area contributed by atoms with Gasteiger partial charge in [-0.25, -0.2) is 4.99 Å². The molecule has 0 spiro atoms. The molecule has 1 aliphatic carbocycles.